The van der Waals surface area contributed by atoms with Crippen molar-refractivity contribution in [3.8, 4) is 0 Å². The first-order valence-corrected chi connectivity index (χ1v) is 10.7. The molecule has 0 unspecified atom stereocenters. The maximum Gasteiger partial charge on any atom is 0.278 e. The molecule has 0 saturated heterocycles. The van der Waals surface area contributed by atoms with Crippen LogP contribution in [-0.4, -0.2) is 20.7 Å². The number of carbonyl (C=O) groups excluding carboxylic acids is 1. The number of carbonyl (C=O) groups is 1. The highest BCUT2D eigenvalue weighted by molar-refractivity contribution is 7.22. The fourth-order valence-electron chi connectivity index (χ4n) is 3.48. The lowest BCUT2D eigenvalue weighted by atomic mass is 10.1. The Morgan fingerprint density at radius 3 is 2.62 bits per heavy atom. The molecule has 0 aliphatic rings. The van der Waals surface area contributed by atoms with Crippen LogP contribution in [0, 0.1) is 6.92 Å². The molecule has 0 spiro atoms. The van der Waals surface area contributed by atoms with Crippen molar-refractivity contribution in [2.45, 2.75) is 40.3 Å². The Kier molecular flexibility index (Phi) is 5.45. The van der Waals surface area contributed by atoms with Crippen LogP contribution < -0.4 is 4.90 Å². The molecule has 2 heterocycles. The van der Waals surface area contributed by atoms with Crippen LogP contribution in [0.15, 0.2) is 54.6 Å². The fourth-order valence-corrected chi connectivity index (χ4v) is 4.50. The SMILES string of the molecule is CCc1cccc2sc(N(Cc3ccccc3)C(=O)c3cc(C)nn3CC)nc12. The van der Waals surface area contributed by atoms with Crippen molar-refractivity contribution in [3.63, 3.8) is 0 Å². The van der Waals surface area contributed by atoms with E-state index in [9.17, 15) is 4.79 Å². The third kappa shape index (κ3) is 3.80. The second-order valence-corrected chi connectivity index (χ2v) is 7.99. The number of nitrogens with zero attached hydrogens (tertiary/aromatic N) is 4. The zero-order valence-corrected chi connectivity index (χ0v) is 17.7. The maximum atomic E-state index is 13.6. The zero-order valence-electron chi connectivity index (χ0n) is 16.9. The fraction of sp³-hybridized carbons (Fsp3) is 0.261. The summed E-state index contributed by atoms with van der Waals surface area (Å²) in [5.74, 6) is -0.0755. The Morgan fingerprint density at radius 1 is 1.10 bits per heavy atom. The number of fused-ring (bicyclic) bond motifs is 1. The summed E-state index contributed by atoms with van der Waals surface area (Å²) in [4.78, 5) is 20.3. The van der Waals surface area contributed by atoms with Crippen LogP contribution in [0.2, 0.25) is 0 Å². The number of amides is 1. The average molecular weight is 405 g/mol. The van der Waals surface area contributed by atoms with Crippen LogP contribution in [0.5, 0.6) is 0 Å². The van der Waals surface area contributed by atoms with Gasteiger partial charge in [-0.15, -0.1) is 0 Å². The van der Waals surface area contributed by atoms with Crippen molar-refractivity contribution < 1.29 is 4.79 Å². The molecule has 2 aromatic carbocycles. The van der Waals surface area contributed by atoms with Gasteiger partial charge in [-0.1, -0.05) is 60.7 Å². The Morgan fingerprint density at radius 2 is 1.90 bits per heavy atom. The smallest absolute Gasteiger partial charge is 0.278 e. The summed E-state index contributed by atoms with van der Waals surface area (Å²) < 4.78 is 2.87. The van der Waals surface area contributed by atoms with E-state index < -0.39 is 0 Å². The van der Waals surface area contributed by atoms with Crippen molar-refractivity contribution in [2.75, 3.05) is 4.90 Å². The molecule has 2 aromatic heterocycles. The minimum Gasteiger partial charge on any atom is -0.278 e. The van der Waals surface area contributed by atoms with Crippen LogP contribution in [0.4, 0.5) is 5.13 Å². The van der Waals surface area contributed by atoms with E-state index in [1.807, 2.05) is 50.2 Å². The van der Waals surface area contributed by atoms with Crippen LogP contribution in [-0.2, 0) is 19.5 Å². The molecule has 0 bridgehead atoms. The van der Waals surface area contributed by atoms with E-state index in [0.717, 1.165) is 33.0 Å². The van der Waals surface area contributed by atoms with E-state index in [1.165, 1.54) is 5.56 Å². The summed E-state index contributed by atoms with van der Waals surface area (Å²) >= 11 is 1.56. The van der Waals surface area contributed by atoms with Crippen molar-refractivity contribution in [1.82, 2.24) is 14.8 Å². The average Bonchev–Trinajstić information content (AvgIpc) is 3.35. The molecule has 4 rings (SSSR count). The molecule has 0 atom stereocenters. The van der Waals surface area contributed by atoms with E-state index in [-0.39, 0.29) is 5.91 Å². The molecule has 0 radical (unpaired) electrons. The number of rotatable bonds is 6. The summed E-state index contributed by atoms with van der Waals surface area (Å²) in [6.07, 6.45) is 0.912. The first kappa shape index (κ1) is 19.3. The van der Waals surface area contributed by atoms with Gasteiger partial charge in [0.05, 0.1) is 22.5 Å². The number of anilines is 1. The molecule has 148 valence electrons. The molecule has 0 aliphatic carbocycles. The lowest BCUT2D eigenvalue weighted by molar-refractivity contribution is 0.0975. The Balaban J connectivity index is 1.81. The van der Waals surface area contributed by atoms with Crippen LogP contribution >= 0.6 is 11.3 Å². The van der Waals surface area contributed by atoms with Crippen LogP contribution in [0.1, 0.15) is 41.2 Å². The molecule has 29 heavy (non-hydrogen) atoms. The minimum absolute atomic E-state index is 0.0755. The van der Waals surface area contributed by atoms with Crippen molar-refractivity contribution in [2.24, 2.45) is 0 Å². The molecule has 1 amide bonds. The van der Waals surface area contributed by atoms with Gasteiger partial charge in [-0.05, 0) is 43.5 Å². The van der Waals surface area contributed by atoms with Crippen LogP contribution in [0.25, 0.3) is 10.2 Å². The summed E-state index contributed by atoms with van der Waals surface area (Å²) in [5.41, 5.74) is 4.69. The van der Waals surface area contributed by atoms with Gasteiger partial charge >= 0.3 is 0 Å². The first-order chi connectivity index (χ1) is 14.1. The summed E-state index contributed by atoms with van der Waals surface area (Å²) in [7, 11) is 0. The number of hydrogen-bond donors (Lipinski definition) is 0. The number of thiazole rings is 1. The Hall–Kier alpha value is -2.99. The lowest BCUT2D eigenvalue weighted by Crippen LogP contribution is -2.32. The van der Waals surface area contributed by atoms with Crippen LogP contribution in [0.3, 0.4) is 0 Å². The second-order valence-electron chi connectivity index (χ2n) is 6.98. The van der Waals surface area contributed by atoms with Crippen molar-refractivity contribution in [1.29, 1.82) is 0 Å². The molecule has 0 fully saturated rings. The van der Waals surface area contributed by atoms with Gasteiger partial charge in [0.1, 0.15) is 5.69 Å². The Bertz CT molecular complexity index is 1150. The third-order valence-electron chi connectivity index (χ3n) is 4.95. The number of aromatic nitrogens is 3. The molecule has 0 saturated carbocycles. The molecular weight excluding hydrogens is 380 g/mol. The second kappa shape index (κ2) is 8.17. The van der Waals surface area contributed by atoms with E-state index in [2.05, 4.69) is 30.2 Å². The van der Waals surface area contributed by atoms with Gasteiger partial charge in [0, 0.05) is 6.54 Å². The lowest BCUT2D eigenvalue weighted by Gasteiger charge is -2.20. The van der Waals surface area contributed by atoms with Gasteiger partial charge in [0.2, 0.25) is 0 Å². The predicted octanol–water partition coefficient (Wildman–Crippen LogP) is 5.23. The predicted molar refractivity (Wildman–Crippen MR) is 119 cm³/mol. The molecule has 0 N–H and O–H groups in total. The number of aryl methyl sites for hydroxylation is 3. The maximum absolute atomic E-state index is 13.6. The molecular formula is C23H24N4OS. The summed E-state index contributed by atoms with van der Waals surface area (Å²) in [5, 5.41) is 5.17. The highest BCUT2D eigenvalue weighted by atomic mass is 32.1. The van der Waals surface area contributed by atoms with Gasteiger partial charge in [0.15, 0.2) is 5.13 Å². The number of hydrogen-bond acceptors (Lipinski definition) is 4. The molecule has 0 aliphatic heterocycles. The highest BCUT2D eigenvalue weighted by Crippen LogP contribution is 2.32. The largest absolute Gasteiger partial charge is 0.278 e. The van der Waals surface area contributed by atoms with E-state index in [4.69, 9.17) is 4.98 Å². The van der Waals surface area contributed by atoms with E-state index in [0.29, 0.717) is 18.8 Å². The first-order valence-electron chi connectivity index (χ1n) is 9.89. The van der Waals surface area contributed by atoms with E-state index >= 15 is 0 Å². The normalized spacial score (nSPS) is 11.1. The zero-order chi connectivity index (χ0) is 20.4. The van der Waals surface area contributed by atoms with Gasteiger partial charge in [-0.3, -0.25) is 14.4 Å². The van der Waals surface area contributed by atoms with Crippen molar-refractivity contribution in [3.05, 3.63) is 77.1 Å². The van der Waals surface area contributed by atoms with Gasteiger partial charge in [0.25, 0.3) is 5.91 Å². The van der Waals surface area contributed by atoms with Gasteiger partial charge in [-0.25, -0.2) is 4.98 Å². The van der Waals surface area contributed by atoms with Gasteiger partial charge in [-0.2, -0.15) is 5.10 Å². The monoisotopic (exact) mass is 404 g/mol. The number of para-hydroxylation sites is 1. The molecule has 5 nitrogen and oxygen atoms in total. The highest BCUT2D eigenvalue weighted by Gasteiger charge is 2.25. The quantitative estimate of drug-likeness (QED) is 0.442. The topological polar surface area (TPSA) is 51.0 Å². The third-order valence-corrected chi connectivity index (χ3v) is 6.00. The molecule has 6 heteroatoms. The summed E-state index contributed by atoms with van der Waals surface area (Å²) in [6.45, 7) is 7.15. The van der Waals surface area contributed by atoms with Crippen molar-refractivity contribution >= 4 is 32.6 Å². The van der Waals surface area contributed by atoms with Gasteiger partial charge < -0.3 is 0 Å². The standard InChI is InChI=1S/C23H24N4OS/c1-4-18-12-9-13-20-21(18)24-23(29-20)26(15-17-10-7-6-8-11-17)22(28)19-14-16(3)25-27(19)5-2/h6-14H,4-5,15H2,1-3H3. The Labute approximate surface area is 174 Å². The number of benzene rings is 2. The minimum atomic E-state index is -0.0755. The van der Waals surface area contributed by atoms with E-state index in [1.54, 1.807) is 20.9 Å². The molecule has 4 aromatic rings. The summed E-state index contributed by atoms with van der Waals surface area (Å²) in [6, 6.07) is 18.1.